The molecule has 0 aliphatic heterocycles. The molecule has 0 heterocycles. The number of benzene rings is 4. The Morgan fingerprint density at radius 1 is 0.656 bits per heavy atom. The van der Waals surface area contributed by atoms with E-state index in [0.717, 1.165) is 6.16 Å². The minimum absolute atomic E-state index is 0. The zero-order valence-electron chi connectivity index (χ0n) is 17.5. The molecule has 0 aliphatic rings. The van der Waals surface area contributed by atoms with Crippen LogP contribution in [0.4, 0.5) is 0 Å². The van der Waals surface area contributed by atoms with Gasteiger partial charge in [0.1, 0.15) is 28.9 Å². The largest absolute Gasteiger partial charge is 1.00 e. The number of carbonyl (C=O) groups is 1. The lowest BCUT2D eigenvalue weighted by Gasteiger charge is -2.28. The number of rotatable bonds is 8. The van der Waals surface area contributed by atoms with Crippen LogP contribution in [0, 0.1) is 0 Å². The average Bonchev–Trinajstić information content (AvgIpc) is 2.83. The van der Waals surface area contributed by atoms with Gasteiger partial charge in [0, 0.05) is 0 Å². The number of aliphatic carboxylic acids is 1. The van der Waals surface area contributed by atoms with Crippen LogP contribution in [0.15, 0.2) is 115 Å². The summed E-state index contributed by atoms with van der Waals surface area (Å²) in [5.74, 6) is -0.416. The molecule has 0 aliphatic carbocycles. The molecule has 0 bridgehead atoms. The third-order valence-corrected chi connectivity index (χ3v) is 9.67. The topological polar surface area (TPSA) is 46.5 Å². The van der Waals surface area contributed by atoms with E-state index in [0.29, 0.717) is 5.75 Å². The molecule has 162 valence electrons. The van der Waals surface area contributed by atoms with Crippen LogP contribution in [0.2, 0.25) is 0 Å². The first-order valence-corrected chi connectivity index (χ1v) is 12.1. The van der Waals surface area contributed by atoms with E-state index in [2.05, 4.69) is 91.0 Å². The molecule has 1 N–H and O–H groups in total. The molecule has 3 nitrogen and oxygen atoms in total. The number of ether oxygens (including phenoxy) is 1. The molecule has 5 heteroatoms. The zero-order valence-corrected chi connectivity index (χ0v) is 20.0. The van der Waals surface area contributed by atoms with Crippen molar-refractivity contribution in [3.8, 4) is 5.75 Å². The predicted molar refractivity (Wildman–Crippen MR) is 128 cm³/mol. The Hall–Kier alpha value is -2.94. The standard InChI is InChI=1S/C27H23O3P.BrH/c28-27(29)20-30-23-18-16-22(17-19-23)21-31(24-10-4-1-5-11-24,25-12-6-2-7-13-25)26-14-8-3-9-15-26;/h1-19H,20-21H2;1H. The Morgan fingerprint density at radius 3 is 1.44 bits per heavy atom. The van der Waals surface area contributed by atoms with E-state index in [4.69, 9.17) is 9.84 Å². The van der Waals surface area contributed by atoms with Gasteiger partial charge in [-0.1, -0.05) is 66.7 Å². The van der Waals surface area contributed by atoms with E-state index >= 15 is 0 Å². The summed E-state index contributed by atoms with van der Waals surface area (Å²) in [7, 11) is -1.96. The highest BCUT2D eigenvalue weighted by molar-refractivity contribution is 7.95. The average molecular weight is 507 g/mol. The number of carboxylic acid groups (broad SMARTS) is 1. The van der Waals surface area contributed by atoms with Gasteiger partial charge in [0.25, 0.3) is 0 Å². The summed E-state index contributed by atoms with van der Waals surface area (Å²) >= 11 is 0. The Labute approximate surface area is 199 Å². The SMILES string of the molecule is O=C(O)COc1ccc(C[P+](c2ccccc2)(c2ccccc2)c2ccccc2)cc1.[Br-]. The van der Waals surface area contributed by atoms with Crippen LogP contribution in [0.5, 0.6) is 5.75 Å². The maximum atomic E-state index is 10.8. The van der Waals surface area contributed by atoms with Gasteiger partial charge in [-0.3, -0.25) is 0 Å². The van der Waals surface area contributed by atoms with E-state index in [1.54, 1.807) is 0 Å². The third kappa shape index (κ3) is 5.27. The van der Waals surface area contributed by atoms with Gasteiger partial charge in [-0.15, -0.1) is 0 Å². The van der Waals surface area contributed by atoms with Crippen molar-refractivity contribution in [1.82, 2.24) is 0 Å². The Morgan fingerprint density at radius 2 is 1.06 bits per heavy atom. The van der Waals surface area contributed by atoms with Crippen molar-refractivity contribution in [3.63, 3.8) is 0 Å². The smallest absolute Gasteiger partial charge is 0.341 e. The zero-order chi connectivity index (χ0) is 21.5. The molecular weight excluding hydrogens is 483 g/mol. The van der Waals surface area contributed by atoms with E-state index < -0.39 is 13.2 Å². The van der Waals surface area contributed by atoms with Crippen molar-refractivity contribution in [2.45, 2.75) is 6.16 Å². The summed E-state index contributed by atoms with van der Waals surface area (Å²) in [6.45, 7) is -0.339. The minimum atomic E-state index is -1.96. The second-order valence-corrected chi connectivity index (χ2v) is 10.8. The summed E-state index contributed by atoms with van der Waals surface area (Å²) in [6, 6.07) is 40.0. The number of halogens is 1. The molecule has 0 aromatic heterocycles. The minimum Gasteiger partial charge on any atom is -1.00 e. The molecular formula is C27H24BrO3P. The van der Waals surface area contributed by atoms with E-state index in [9.17, 15) is 4.79 Å². The summed E-state index contributed by atoms with van der Waals surface area (Å²) in [5.41, 5.74) is 1.19. The molecule has 0 atom stereocenters. The van der Waals surface area contributed by atoms with Crippen LogP contribution in [0.1, 0.15) is 5.56 Å². The maximum absolute atomic E-state index is 10.8. The molecule has 32 heavy (non-hydrogen) atoms. The van der Waals surface area contributed by atoms with Crippen molar-refractivity contribution >= 4 is 29.1 Å². The Balaban J connectivity index is 0.00000289. The number of carboxylic acids is 1. The fourth-order valence-corrected chi connectivity index (χ4v) is 8.12. The van der Waals surface area contributed by atoms with E-state index in [-0.39, 0.29) is 23.6 Å². The quantitative estimate of drug-likeness (QED) is 0.369. The second-order valence-electron chi connectivity index (χ2n) is 7.30. The molecule has 4 rings (SSSR count). The fraction of sp³-hybridized carbons (Fsp3) is 0.0741. The van der Waals surface area contributed by atoms with E-state index in [1.807, 2.05) is 24.3 Å². The van der Waals surface area contributed by atoms with Crippen LogP contribution < -0.4 is 37.6 Å². The number of hydrogen-bond acceptors (Lipinski definition) is 2. The molecule has 4 aromatic rings. The van der Waals surface area contributed by atoms with Crippen molar-refractivity contribution in [2.24, 2.45) is 0 Å². The highest BCUT2D eigenvalue weighted by atomic mass is 79.9. The van der Waals surface area contributed by atoms with Gasteiger partial charge in [-0.2, -0.15) is 0 Å². The predicted octanol–water partition coefficient (Wildman–Crippen LogP) is 1.65. The lowest BCUT2D eigenvalue weighted by Crippen LogP contribution is -3.00. The van der Waals surface area contributed by atoms with Crippen molar-refractivity contribution < 1.29 is 31.6 Å². The highest BCUT2D eigenvalue weighted by Crippen LogP contribution is 2.58. The molecule has 0 saturated carbocycles. The van der Waals surface area contributed by atoms with Gasteiger partial charge < -0.3 is 26.8 Å². The van der Waals surface area contributed by atoms with Crippen LogP contribution in [0.3, 0.4) is 0 Å². The van der Waals surface area contributed by atoms with Gasteiger partial charge in [0.2, 0.25) is 0 Å². The van der Waals surface area contributed by atoms with E-state index in [1.165, 1.54) is 21.5 Å². The fourth-order valence-electron chi connectivity index (χ4n) is 3.88. The maximum Gasteiger partial charge on any atom is 0.341 e. The molecule has 0 amide bonds. The van der Waals surface area contributed by atoms with Gasteiger partial charge >= 0.3 is 5.97 Å². The number of hydrogen-bond donors (Lipinski definition) is 1. The van der Waals surface area contributed by atoms with Gasteiger partial charge in [-0.25, -0.2) is 4.79 Å². The summed E-state index contributed by atoms with van der Waals surface area (Å²) in [4.78, 5) is 10.8. The van der Waals surface area contributed by atoms with Gasteiger partial charge in [0.05, 0.1) is 6.16 Å². The normalized spacial score (nSPS) is 10.8. The molecule has 0 radical (unpaired) electrons. The van der Waals surface area contributed by atoms with Crippen LogP contribution in [0.25, 0.3) is 0 Å². The van der Waals surface area contributed by atoms with Crippen molar-refractivity contribution in [3.05, 3.63) is 121 Å². The first kappa shape index (κ1) is 23.7. The summed E-state index contributed by atoms with van der Waals surface area (Å²) in [5, 5.41) is 12.8. The third-order valence-electron chi connectivity index (χ3n) is 5.30. The molecule has 0 unspecified atom stereocenters. The Kier molecular flexibility index (Phi) is 8.21. The first-order valence-electron chi connectivity index (χ1n) is 10.2. The van der Waals surface area contributed by atoms with Crippen LogP contribution in [-0.2, 0) is 11.0 Å². The summed E-state index contributed by atoms with van der Waals surface area (Å²) in [6.07, 6.45) is 0.865. The molecule has 0 saturated heterocycles. The monoisotopic (exact) mass is 506 g/mol. The second kappa shape index (κ2) is 11.1. The Bertz CT molecular complexity index is 1020. The lowest BCUT2D eigenvalue weighted by atomic mass is 10.2. The van der Waals surface area contributed by atoms with Crippen LogP contribution in [-0.4, -0.2) is 17.7 Å². The molecule has 0 fully saturated rings. The summed E-state index contributed by atoms with van der Waals surface area (Å²) < 4.78 is 5.32. The van der Waals surface area contributed by atoms with Crippen molar-refractivity contribution in [1.29, 1.82) is 0 Å². The van der Waals surface area contributed by atoms with Crippen molar-refractivity contribution in [2.75, 3.05) is 6.61 Å². The van der Waals surface area contributed by atoms with Gasteiger partial charge in [-0.05, 0) is 54.1 Å². The molecule has 0 spiro atoms. The highest BCUT2D eigenvalue weighted by Gasteiger charge is 2.45. The lowest BCUT2D eigenvalue weighted by molar-refractivity contribution is -0.139. The van der Waals surface area contributed by atoms with Crippen LogP contribution >= 0.6 is 7.26 Å². The first-order chi connectivity index (χ1) is 15.2. The van der Waals surface area contributed by atoms with Gasteiger partial charge in [0.15, 0.2) is 6.61 Å². The molecule has 4 aromatic carbocycles.